The predicted octanol–water partition coefficient (Wildman–Crippen LogP) is 4.88. The van der Waals surface area contributed by atoms with E-state index in [-0.39, 0.29) is 5.91 Å². The highest BCUT2D eigenvalue weighted by Crippen LogP contribution is 2.31. The molecule has 1 aliphatic carbocycles. The van der Waals surface area contributed by atoms with E-state index in [4.69, 9.17) is 15.0 Å². The summed E-state index contributed by atoms with van der Waals surface area (Å²) in [6.45, 7) is 0.469. The molecule has 0 spiro atoms. The monoisotopic (exact) mass is 499 g/mol. The molecule has 2 N–H and O–H groups in total. The first-order valence-corrected chi connectivity index (χ1v) is 11.4. The highest BCUT2D eigenvalue weighted by atomic mass is 19.4. The van der Waals surface area contributed by atoms with Gasteiger partial charge in [0.05, 0.1) is 22.8 Å². The lowest BCUT2D eigenvalue weighted by molar-refractivity contribution is -0.192. The number of amides is 1. The molecule has 11 heteroatoms. The Morgan fingerprint density at radius 1 is 1.06 bits per heavy atom. The molecule has 0 aliphatic heterocycles. The first kappa shape index (κ1) is 25.0. The summed E-state index contributed by atoms with van der Waals surface area (Å²) < 4.78 is 35.9. The summed E-state index contributed by atoms with van der Waals surface area (Å²) >= 11 is 0. The van der Waals surface area contributed by atoms with Crippen LogP contribution in [0.2, 0.25) is 0 Å². The summed E-state index contributed by atoms with van der Waals surface area (Å²) in [5.41, 5.74) is 4.39. The van der Waals surface area contributed by atoms with Gasteiger partial charge in [-0.15, -0.1) is 0 Å². The van der Waals surface area contributed by atoms with Gasteiger partial charge in [0.15, 0.2) is 0 Å². The second-order valence-electron chi connectivity index (χ2n) is 8.36. The van der Waals surface area contributed by atoms with Gasteiger partial charge in [-0.3, -0.25) is 14.5 Å². The molecule has 0 saturated heterocycles. The Morgan fingerprint density at radius 3 is 2.42 bits per heavy atom. The Balaban J connectivity index is 0.000000384. The number of hydrogen-bond donors (Lipinski definition) is 2. The fraction of sp³-hybridized carbons (Fsp3) is 0.280. The van der Waals surface area contributed by atoms with Gasteiger partial charge in [0, 0.05) is 31.3 Å². The van der Waals surface area contributed by atoms with Crippen LogP contribution < -0.4 is 5.32 Å². The van der Waals surface area contributed by atoms with E-state index in [1.54, 1.807) is 12.4 Å². The first-order chi connectivity index (χ1) is 17.2. The van der Waals surface area contributed by atoms with Crippen LogP contribution >= 0.6 is 0 Å². The molecule has 1 fully saturated rings. The number of pyridine rings is 2. The summed E-state index contributed by atoms with van der Waals surface area (Å²) in [5, 5.41) is 15.0. The Kier molecular flexibility index (Phi) is 7.37. The number of aliphatic carboxylic acids is 1. The molecule has 1 aliphatic rings. The van der Waals surface area contributed by atoms with Crippen molar-refractivity contribution < 1.29 is 27.9 Å². The van der Waals surface area contributed by atoms with Crippen molar-refractivity contribution in [3.8, 4) is 11.4 Å². The van der Waals surface area contributed by atoms with Crippen molar-refractivity contribution in [1.29, 1.82) is 0 Å². The van der Waals surface area contributed by atoms with Gasteiger partial charge in [-0.2, -0.15) is 18.3 Å². The Bertz CT molecular complexity index is 1340. The zero-order valence-electron chi connectivity index (χ0n) is 19.2. The third-order valence-electron chi connectivity index (χ3n) is 5.94. The zero-order chi connectivity index (χ0) is 25.7. The molecular formula is C25H24F3N5O3. The minimum Gasteiger partial charge on any atom is -0.475 e. The Hall–Kier alpha value is -4.15. The van der Waals surface area contributed by atoms with Gasteiger partial charge < -0.3 is 14.8 Å². The van der Waals surface area contributed by atoms with Crippen LogP contribution in [0, 0.1) is 0 Å². The molecule has 0 atom stereocenters. The van der Waals surface area contributed by atoms with Gasteiger partial charge in [-0.05, 0) is 54.8 Å². The number of carbonyl (C=O) groups excluding carboxylic acids is 1. The van der Waals surface area contributed by atoms with Crippen LogP contribution in [-0.2, 0) is 11.3 Å². The first-order valence-electron chi connectivity index (χ1n) is 11.4. The molecule has 8 nitrogen and oxygen atoms in total. The topological polar surface area (TPSA) is 102 Å². The number of carboxylic acids is 1. The van der Waals surface area contributed by atoms with Crippen LogP contribution in [0.1, 0.15) is 47.6 Å². The largest absolute Gasteiger partial charge is 0.490 e. The summed E-state index contributed by atoms with van der Waals surface area (Å²) in [6, 6.07) is 14.2. The van der Waals surface area contributed by atoms with Crippen molar-refractivity contribution in [2.45, 2.75) is 44.4 Å². The number of hydrogen-bond acceptors (Lipinski definition) is 4. The number of aromatic nitrogens is 4. The number of rotatable bonds is 5. The minimum absolute atomic E-state index is 0.0908. The molecule has 4 aromatic rings. The summed E-state index contributed by atoms with van der Waals surface area (Å²) in [4.78, 5) is 25.8. The van der Waals surface area contributed by atoms with Crippen molar-refractivity contribution in [3.63, 3.8) is 0 Å². The fourth-order valence-corrected chi connectivity index (χ4v) is 4.16. The second-order valence-corrected chi connectivity index (χ2v) is 8.36. The van der Waals surface area contributed by atoms with Gasteiger partial charge >= 0.3 is 12.1 Å². The van der Waals surface area contributed by atoms with Crippen molar-refractivity contribution in [2.24, 2.45) is 0 Å². The number of nitrogens with one attached hydrogen (secondary N) is 1. The highest BCUT2D eigenvalue weighted by molar-refractivity contribution is 6.02. The maximum atomic E-state index is 12.9. The summed E-state index contributed by atoms with van der Waals surface area (Å²) in [7, 11) is 0. The smallest absolute Gasteiger partial charge is 0.475 e. The number of alkyl halides is 3. The second kappa shape index (κ2) is 10.6. The molecule has 1 saturated carbocycles. The molecule has 4 heterocycles. The minimum atomic E-state index is -5.08. The van der Waals surface area contributed by atoms with Gasteiger partial charge in [-0.1, -0.05) is 18.9 Å². The summed E-state index contributed by atoms with van der Waals surface area (Å²) in [5.74, 6) is -2.85. The van der Waals surface area contributed by atoms with E-state index in [1.165, 1.54) is 25.7 Å². The van der Waals surface area contributed by atoms with Crippen molar-refractivity contribution in [2.75, 3.05) is 0 Å². The van der Waals surface area contributed by atoms with Crippen LogP contribution in [0.25, 0.3) is 16.9 Å². The standard InChI is InChI=1S/C23H23N5O.C2HF3O2/c29-23(25-16-17-8-11-24-12-9-17)19-15-22(27-13-4-3-7-21(19)27)20-10-14-28(26-20)18-5-1-2-6-18;3-2(4,5)1(6)7/h3-4,7-15,18H,1-2,5-6,16H2,(H,25,29);(H,6,7). The normalized spacial score (nSPS) is 13.9. The molecule has 0 bridgehead atoms. The molecule has 0 aromatic carbocycles. The molecule has 0 unspecified atom stereocenters. The Morgan fingerprint density at radius 2 is 1.75 bits per heavy atom. The van der Waals surface area contributed by atoms with Gasteiger partial charge in [0.25, 0.3) is 5.91 Å². The van der Waals surface area contributed by atoms with E-state index in [0.717, 1.165) is 22.5 Å². The third-order valence-corrected chi connectivity index (χ3v) is 5.94. The third kappa shape index (κ3) is 5.73. The molecule has 4 aromatic heterocycles. The number of nitrogens with zero attached hydrogens (tertiary/aromatic N) is 4. The quantitative estimate of drug-likeness (QED) is 0.408. The van der Waals surface area contributed by atoms with Crippen LogP contribution in [0.4, 0.5) is 13.2 Å². The average Bonchev–Trinajstić information content (AvgIpc) is 3.62. The molecule has 5 rings (SSSR count). The van der Waals surface area contributed by atoms with Gasteiger partial charge in [-0.25, -0.2) is 4.79 Å². The number of fused-ring (bicyclic) bond motifs is 1. The molecule has 188 valence electrons. The van der Waals surface area contributed by atoms with E-state index in [0.29, 0.717) is 18.2 Å². The van der Waals surface area contributed by atoms with E-state index in [2.05, 4.69) is 21.2 Å². The van der Waals surface area contributed by atoms with E-state index in [9.17, 15) is 18.0 Å². The highest BCUT2D eigenvalue weighted by Gasteiger charge is 2.38. The van der Waals surface area contributed by atoms with Crippen LogP contribution in [-0.4, -0.2) is 42.3 Å². The van der Waals surface area contributed by atoms with E-state index >= 15 is 0 Å². The lowest BCUT2D eigenvalue weighted by Gasteiger charge is -2.08. The molecular weight excluding hydrogens is 475 g/mol. The molecule has 36 heavy (non-hydrogen) atoms. The SMILES string of the molecule is O=C(NCc1ccncc1)c1cc(-c2ccn(C3CCCC3)n2)n2ccccc12.O=C(O)C(F)(F)F. The lowest BCUT2D eigenvalue weighted by Crippen LogP contribution is -2.22. The van der Waals surface area contributed by atoms with Crippen molar-refractivity contribution in [3.05, 3.63) is 78.4 Å². The fourth-order valence-electron chi connectivity index (χ4n) is 4.16. The Labute approximate surface area is 204 Å². The van der Waals surface area contributed by atoms with Gasteiger partial charge in [0.1, 0.15) is 5.69 Å². The number of halogens is 3. The van der Waals surface area contributed by atoms with Gasteiger partial charge in [0.2, 0.25) is 0 Å². The number of carboxylic acid groups (broad SMARTS) is 1. The van der Waals surface area contributed by atoms with Crippen LogP contribution in [0.15, 0.2) is 67.3 Å². The maximum Gasteiger partial charge on any atom is 0.490 e. The predicted molar refractivity (Wildman–Crippen MR) is 125 cm³/mol. The maximum absolute atomic E-state index is 12.9. The average molecular weight is 499 g/mol. The van der Waals surface area contributed by atoms with Crippen molar-refractivity contribution in [1.82, 2.24) is 24.5 Å². The number of carbonyl (C=O) groups is 2. The van der Waals surface area contributed by atoms with Crippen LogP contribution in [0.5, 0.6) is 0 Å². The van der Waals surface area contributed by atoms with E-state index < -0.39 is 12.1 Å². The van der Waals surface area contributed by atoms with E-state index in [1.807, 2.05) is 53.1 Å². The zero-order valence-corrected chi connectivity index (χ0v) is 19.2. The van der Waals surface area contributed by atoms with Crippen LogP contribution in [0.3, 0.4) is 0 Å². The molecule has 1 amide bonds. The lowest BCUT2D eigenvalue weighted by atomic mass is 10.2. The summed E-state index contributed by atoms with van der Waals surface area (Å²) in [6.07, 6.45) is 7.36. The van der Waals surface area contributed by atoms with Crippen molar-refractivity contribution >= 4 is 17.4 Å². The molecule has 0 radical (unpaired) electrons.